The number of aromatic amines is 1. The Bertz CT molecular complexity index is 728. The van der Waals surface area contributed by atoms with Crippen LogP contribution in [0.25, 0.3) is 11.1 Å². The molecule has 1 aromatic carbocycles. The summed E-state index contributed by atoms with van der Waals surface area (Å²) in [5, 5.41) is 6.70. The predicted molar refractivity (Wildman–Crippen MR) is 62.9 cm³/mol. The first-order chi connectivity index (χ1) is 8.72. The van der Waals surface area contributed by atoms with Crippen LogP contribution in [0.5, 0.6) is 0 Å². The van der Waals surface area contributed by atoms with Crippen molar-refractivity contribution >= 4 is 22.5 Å². The number of nitrogens with zero attached hydrogens (tertiary/aromatic N) is 2. The van der Waals surface area contributed by atoms with Crippen molar-refractivity contribution in [1.82, 2.24) is 15.1 Å². The number of benzene rings is 1. The zero-order valence-electron chi connectivity index (χ0n) is 9.14. The van der Waals surface area contributed by atoms with Gasteiger partial charge in [-0.25, -0.2) is 4.79 Å². The number of nitrogens with two attached hydrogens (primary N) is 1. The average molecular weight is 247 g/mol. The van der Waals surface area contributed by atoms with Crippen LogP contribution in [0.3, 0.4) is 0 Å². The van der Waals surface area contributed by atoms with Crippen LogP contribution in [0.1, 0.15) is 5.82 Å². The highest BCUT2D eigenvalue weighted by Gasteiger charge is 2.07. The Balaban J connectivity index is 1.91. The molecular formula is C10H9N5O3. The van der Waals surface area contributed by atoms with Crippen LogP contribution in [0.4, 0.5) is 11.4 Å². The lowest BCUT2D eigenvalue weighted by atomic mass is 10.2. The lowest BCUT2D eigenvalue weighted by Gasteiger charge is -2.06. The number of rotatable bonds is 3. The van der Waals surface area contributed by atoms with Crippen LogP contribution >= 0.6 is 0 Å². The number of nitrogen functional groups attached to an aromatic ring is 1. The normalized spacial score (nSPS) is 10.9. The summed E-state index contributed by atoms with van der Waals surface area (Å²) in [4.78, 5) is 17.5. The highest BCUT2D eigenvalue weighted by molar-refractivity contribution is 5.85. The number of hydrogen-bond donors (Lipinski definition) is 3. The fourth-order valence-corrected chi connectivity index (χ4v) is 1.61. The zero-order valence-corrected chi connectivity index (χ0v) is 9.14. The molecular weight excluding hydrogens is 238 g/mol. The maximum atomic E-state index is 11.0. The quantitative estimate of drug-likeness (QED) is 0.582. The largest absolute Gasteiger partial charge is 0.417 e. The van der Waals surface area contributed by atoms with Crippen molar-refractivity contribution in [1.29, 1.82) is 0 Å². The number of nitrogens with one attached hydrogen (secondary N) is 2. The first kappa shape index (κ1) is 10.4. The average Bonchev–Trinajstić information content (AvgIpc) is 2.94. The highest BCUT2D eigenvalue weighted by atomic mass is 16.5. The molecule has 0 unspecified atom stereocenters. The van der Waals surface area contributed by atoms with Gasteiger partial charge >= 0.3 is 5.76 Å². The number of hydrogen-bond acceptors (Lipinski definition) is 7. The van der Waals surface area contributed by atoms with Crippen molar-refractivity contribution in [3.63, 3.8) is 0 Å². The highest BCUT2D eigenvalue weighted by Crippen LogP contribution is 2.24. The second-order valence-electron chi connectivity index (χ2n) is 3.65. The number of aromatic nitrogens is 3. The van der Waals surface area contributed by atoms with E-state index in [9.17, 15) is 4.79 Å². The van der Waals surface area contributed by atoms with E-state index < -0.39 is 5.76 Å². The van der Waals surface area contributed by atoms with Crippen LogP contribution in [-0.4, -0.2) is 15.1 Å². The zero-order chi connectivity index (χ0) is 12.5. The van der Waals surface area contributed by atoms with E-state index in [-0.39, 0.29) is 0 Å². The number of H-pyrrole nitrogens is 1. The van der Waals surface area contributed by atoms with Gasteiger partial charge in [-0.1, -0.05) is 5.16 Å². The van der Waals surface area contributed by atoms with Crippen LogP contribution in [-0.2, 0) is 6.54 Å². The summed E-state index contributed by atoms with van der Waals surface area (Å²) in [6.07, 6.45) is 1.25. The summed E-state index contributed by atoms with van der Waals surface area (Å²) < 4.78 is 9.51. The van der Waals surface area contributed by atoms with E-state index in [2.05, 4.69) is 25.0 Å². The second kappa shape index (κ2) is 3.91. The maximum absolute atomic E-state index is 11.0. The maximum Gasteiger partial charge on any atom is 0.417 e. The van der Waals surface area contributed by atoms with Crippen LogP contribution in [0.2, 0.25) is 0 Å². The van der Waals surface area contributed by atoms with Crippen LogP contribution < -0.4 is 16.8 Å². The van der Waals surface area contributed by atoms with Gasteiger partial charge in [-0.05, 0) is 6.07 Å². The Labute approximate surface area is 99.8 Å². The molecule has 0 spiro atoms. The molecule has 0 aliphatic carbocycles. The van der Waals surface area contributed by atoms with E-state index in [0.717, 1.165) is 0 Å². The first-order valence-electron chi connectivity index (χ1n) is 5.14. The van der Waals surface area contributed by atoms with Gasteiger partial charge in [0.1, 0.15) is 0 Å². The van der Waals surface area contributed by atoms with E-state index >= 15 is 0 Å². The Morgan fingerprint density at radius 2 is 2.33 bits per heavy atom. The van der Waals surface area contributed by atoms with Gasteiger partial charge in [-0.2, -0.15) is 4.98 Å². The Kier molecular flexibility index (Phi) is 2.26. The molecule has 0 fully saturated rings. The van der Waals surface area contributed by atoms with E-state index in [1.54, 1.807) is 12.1 Å². The molecule has 0 saturated heterocycles. The molecule has 2 aromatic heterocycles. The molecule has 4 N–H and O–H groups in total. The van der Waals surface area contributed by atoms with Crippen molar-refractivity contribution < 1.29 is 8.94 Å². The van der Waals surface area contributed by atoms with Crippen molar-refractivity contribution in [2.45, 2.75) is 6.54 Å². The van der Waals surface area contributed by atoms with Gasteiger partial charge in [-0.15, -0.1) is 0 Å². The standard InChI is InChI=1S/C10H9N5O3/c11-5-1-8-7(14-10(16)18-8)2-6(5)12-3-9-13-4-17-15-9/h1-2,4,12H,3,11H2,(H,14,16). The summed E-state index contributed by atoms with van der Waals surface area (Å²) in [5.74, 6) is -0.00472. The van der Waals surface area contributed by atoms with Gasteiger partial charge in [0.25, 0.3) is 0 Å². The fraction of sp³-hybridized carbons (Fsp3) is 0.100. The molecule has 0 bridgehead atoms. The van der Waals surface area contributed by atoms with Crippen LogP contribution in [0.15, 0.2) is 32.3 Å². The van der Waals surface area contributed by atoms with E-state index in [0.29, 0.717) is 34.8 Å². The van der Waals surface area contributed by atoms with E-state index in [1.807, 2.05) is 0 Å². The lowest BCUT2D eigenvalue weighted by molar-refractivity contribution is 0.411. The SMILES string of the molecule is Nc1cc2oc(=O)[nH]c2cc1NCc1ncon1. The summed E-state index contributed by atoms with van der Waals surface area (Å²) in [7, 11) is 0. The topological polar surface area (TPSA) is 123 Å². The molecule has 92 valence electrons. The van der Waals surface area contributed by atoms with Gasteiger partial charge in [0.2, 0.25) is 6.39 Å². The van der Waals surface area contributed by atoms with Crippen molar-refractivity contribution in [3.8, 4) is 0 Å². The summed E-state index contributed by atoms with van der Waals surface area (Å²) in [6, 6.07) is 3.27. The van der Waals surface area contributed by atoms with Gasteiger partial charge in [0.15, 0.2) is 11.4 Å². The van der Waals surface area contributed by atoms with Gasteiger partial charge in [-0.3, -0.25) is 4.98 Å². The van der Waals surface area contributed by atoms with Gasteiger partial charge in [0.05, 0.1) is 23.4 Å². The minimum absolute atomic E-state index is 0.369. The summed E-state index contributed by atoms with van der Waals surface area (Å²) >= 11 is 0. The molecule has 0 aliphatic rings. The third kappa shape index (κ3) is 1.79. The Morgan fingerprint density at radius 1 is 1.44 bits per heavy atom. The Hall–Kier alpha value is -2.77. The van der Waals surface area contributed by atoms with Crippen molar-refractivity contribution in [2.24, 2.45) is 0 Å². The third-order valence-electron chi connectivity index (χ3n) is 2.44. The minimum Gasteiger partial charge on any atom is -0.408 e. The molecule has 0 saturated carbocycles. The molecule has 3 aromatic rings. The molecule has 2 heterocycles. The summed E-state index contributed by atoms with van der Waals surface area (Å²) in [5.41, 5.74) is 7.95. The molecule has 8 nitrogen and oxygen atoms in total. The summed E-state index contributed by atoms with van der Waals surface area (Å²) in [6.45, 7) is 0.369. The first-order valence-corrected chi connectivity index (χ1v) is 5.14. The molecule has 0 atom stereocenters. The fourth-order valence-electron chi connectivity index (χ4n) is 1.61. The second-order valence-corrected chi connectivity index (χ2v) is 3.65. The predicted octanol–water partition coefficient (Wildman–Crippen LogP) is 0.698. The number of anilines is 2. The minimum atomic E-state index is -0.514. The molecule has 18 heavy (non-hydrogen) atoms. The van der Waals surface area contributed by atoms with Crippen molar-refractivity contribution in [2.75, 3.05) is 11.1 Å². The number of oxazole rings is 1. The molecule has 0 radical (unpaired) electrons. The van der Waals surface area contributed by atoms with E-state index in [1.165, 1.54) is 6.39 Å². The smallest absolute Gasteiger partial charge is 0.408 e. The van der Waals surface area contributed by atoms with Gasteiger partial charge < -0.3 is 20.0 Å². The monoisotopic (exact) mass is 247 g/mol. The van der Waals surface area contributed by atoms with Gasteiger partial charge in [0, 0.05) is 6.07 Å². The van der Waals surface area contributed by atoms with Crippen LogP contribution in [0, 0.1) is 0 Å². The molecule has 3 rings (SSSR count). The molecule has 8 heteroatoms. The van der Waals surface area contributed by atoms with Crippen molar-refractivity contribution in [3.05, 3.63) is 34.9 Å². The molecule has 0 aliphatic heterocycles. The number of fused-ring (bicyclic) bond motifs is 1. The Morgan fingerprint density at radius 3 is 3.11 bits per heavy atom. The van der Waals surface area contributed by atoms with E-state index in [4.69, 9.17) is 10.2 Å². The lowest BCUT2D eigenvalue weighted by Crippen LogP contribution is -2.03. The molecule has 0 amide bonds. The third-order valence-corrected chi connectivity index (χ3v) is 2.44.